The van der Waals surface area contributed by atoms with Crippen LogP contribution in [0.4, 0.5) is 5.69 Å². The van der Waals surface area contributed by atoms with Crippen LogP contribution in [0.5, 0.6) is 0 Å². The van der Waals surface area contributed by atoms with Gasteiger partial charge in [-0.1, -0.05) is 77.7 Å². The molecule has 0 fully saturated rings. The van der Waals surface area contributed by atoms with Crippen LogP contribution in [-0.4, -0.2) is 44.0 Å². The van der Waals surface area contributed by atoms with Crippen LogP contribution in [0, 0.1) is 0 Å². The van der Waals surface area contributed by atoms with Gasteiger partial charge < -0.3 is 9.45 Å². The lowest BCUT2D eigenvalue weighted by Crippen LogP contribution is -2.36. The number of hydrogen-bond acceptors (Lipinski definition) is 8. The SMILES string of the molecule is CC(/C=C1\Sc2ccc3ccccc3c2N1CCCS(=O)(=O)O)=C\c1sc2ccc3ccccc3c2[n+]1CCCS(=O)(=O)[O-]. The van der Waals surface area contributed by atoms with Crippen LogP contribution in [0.3, 0.4) is 0 Å². The zero-order valence-electron chi connectivity index (χ0n) is 23.8. The summed E-state index contributed by atoms with van der Waals surface area (Å²) in [6, 6.07) is 24.4. The fourth-order valence-electron chi connectivity index (χ4n) is 5.64. The van der Waals surface area contributed by atoms with Crippen molar-refractivity contribution >= 4 is 86.9 Å². The van der Waals surface area contributed by atoms with E-state index in [0.717, 1.165) is 58.0 Å². The molecule has 1 N–H and O–H groups in total. The molecule has 0 aliphatic carbocycles. The Balaban J connectivity index is 1.41. The van der Waals surface area contributed by atoms with Crippen LogP contribution >= 0.6 is 23.1 Å². The number of anilines is 1. The number of hydrogen-bond donors (Lipinski definition) is 1. The van der Waals surface area contributed by atoms with Gasteiger partial charge in [-0.05, 0) is 54.0 Å². The number of thiazole rings is 1. The molecule has 0 saturated heterocycles. The second kappa shape index (κ2) is 12.3. The zero-order chi connectivity index (χ0) is 31.1. The molecule has 1 aliphatic heterocycles. The highest BCUT2D eigenvalue weighted by Gasteiger charge is 2.28. The van der Waals surface area contributed by atoms with Crippen LogP contribution in [-0.2, 0) is 26.8 Å². The molecule has 5 aromatic rings. The average Bonchev–Trinajstić information content (AvgIpc) is 3.49. The minimum absolute atomic E-state index is 0.201. The van der Waals surface area contributed by atoms with E-state index in [1.165, 1.54) is 0 Å². The van der Waals surface area contributed by atoms with E-state index in [2.05, 4.69) is 58.0 Å². The largest absolute Gasteiger partial charge is 0.748 e. The van der Waals surface area contributed by atoms with Gasteiger partial charge in [0.25, 0.3) is 15.1 Å². The minimum atomic E-state index is -4.34. The van der Waals surface area contributed by atoms with E-state index in [9.17, 15) is 25.9 Å². The highest BCUT2D eigenvalue weighted by atomic mass is 32.2. The van der Waals surface area contributed by atoms with E-state index in [1.54, 1.807) is 23.1 Å². The average molecular weight is 667 g/mol. The third-order valence-corrected chi connectivity index (χ3v) is 11.3. The summed E-state index contributed by atoms with van der Waals surface area (Å²) in [5.74, 6) is -0.763. The lowest BCUT2D eigenvalue weighted by atomic mass is 10.1. The van der Waals surface area contributed by atoms with Crippen molar-refractivity contribution in [3.63, 3.8) is 0 Å². The molecule has 0 spiro atoms. The van der Waals surface area contributed by atoms with Crippen molar-refractivity contribution in [3.05, 3.63) is 94.5 Å². The van der Waals surface area contributed by atoms with Gasteiger partial charge >= 0.3 is 0 Å². The third kappa shape index (κ3) is 6.70. The van der Waals surface area contributed by atoms with Gasteiger partial charge in [-0.25, -0.2) is 8.42 Å². The number of nitrogens with zero attached hydrogens (tertiary/aromatic N) is 2. The molecule has 8 nitrogen and oxygen atoms in total. The Kier molecular flexibility index (Phi) is 8.57. The van der Waals surface area contributed by atoms with E-state index in [1.807, 2.05) is 43.3 Å². The summed E-state index contributed by atoms with van der Waals surface area (Å²) in [6.07, 6.45) is 4.60. The Morgan fingerprint density at radius 2 is 1.59 bits per heavy atom. The Morgan fingerprint density at radius 1 is 0.909 bits per heavy atom. The van der Waals surface area contributed by atoms with E-state index in [4.69, 9.17) is 0 Å². The summed E-state index contributed by atoms with van der Waals surface area (Å²) in [5.41, 5.74) is 2.97. The normalized spacial score (nSPS) is 15.2. The molecule has 1 aliphatic rings. The molecule has 12 heteroatoms. The number of benzene rings is 4. The maximum atomic E-state index is 11.5. The van der Waals surface area contributed by atoms with Crippen molar-refractivity contribution in [1.29, 1.82) is 0 Å². The van der Waals surface area contributed by atoms with Gasteiger partial charge in [0.2, 0.25) is 5.52 Å². The number of rotatable bonds is 10. The molecular formula is C32H30N2O6S4. The molecule has 0 saturated carbocycles. The minimum Gasteiger partial charge on any atom is -0.748 e. The first-order valence-corrected chi connectivity index (χ1v) is 18.9. The molecule has 44 heavy (non-hydrogen) atoms. The van der Waals surface area contributed by atoms with Crippen molar-refractivity contribution in [2.75, 3.05) is 23.0 Å². The summed E-state index contributed by atoms with van der Waals surface area (Å²) in [6.45, 7) is 2.78. The fraction of sp³-hybridized carbons (Fsp3) is 0.219. The molecule has 2 heterocycles. The summed E-state index contributed by atoms with van der Waals surface area (Å²) < 4.78 is 69.7. The molecule has 1 aromatic heterocycles. The lowest BCUT2D eigenvalue weighted by molar-refractivity contribution is -0.667. The van der Waals surface area contributed by atoms with Crippen molar-refractivity contribution in [1.82, 2.24) is 0 Å². The second-order valence-electron chi connectivity index (χ2n) is 10.7. The molecule has 0 unspecified atom stereocenters. The van der Waals surface area contributed by atoms with E-state index >= 15 is 0 Å². The van der Waals surface area contributed by atoms with Crippen LogP contribution < -0.4 is 9.47 Å². The van der Waals surface area contributed by atoms with Crippen LogP contribution in [0.15, 0.2) is 94.4 Å². The molecule has 0 bridgehead atoms. The summed E-state index contributed by atoms with van der Waals surface area (Å²) in [4.78, 5) is 3.19. The molecule has 4 aromatic carbocycles. The molecular weight excluding hydrogens is 637 g/mol. The predicted molar refractivity (Wildman–Crippen MR) is 179 cm³/mol. The summed E-state index contributed by atoms with van der Waals surface area (Å²) in [7, 11) is -8.43. The van der Waals surface area contributed by atoms with E-state index in [0.29, 0.717) is 13.1 Å². The van der Waals surface area contributed by atoms with Gasteiger partial charge in [-0.15, -0.1) is 0 Å². The lowest BCUT2D eigenvalue weighted by Gasteiger charge is -2.22. The summed E-state index contributed by atoms with van der Waals surface area (Å²) >= 11 is 3.22. The maximum absolute atomic E-state index is 11.5. The third-order valence-electron chi connectivity index (χ3n) is 7.49. The van der Waals surface area contributed by atoms with E-state index < -0.39 is 26.0 Å². The Morgan fingerprint density at radius 3 is 2.32 bits per heavy atom. The van der Waals surface area contributed by atoms with Crippen molar-refractivity contribution in [2.24, 2.45) is 0 Å². The van der Waals surface area contributed by atoms with Gasteiger partial charge in [0.1, 0.15) is 4.70 Å². The van der Waals surface area contributed by atoms with Gasteiger partial charge in [0.05, 0.1) is 32.0 Å². The molecule has 0 radical (unpaired) electrons. The van der Waals surface area contributed by atoms with Crippen molar-refractivity contribution in [2.45, 2.75) is 31.2 Å². The van der Waals surface area contributed by atoms with Gasteiger partial charge in [0.15, 0.2) is 6.54 Å². The first kappa shape index (κ1) is 30.8. The van der Waals surface area contributed by atoms with Crippen LogP contribution in [0.2, 0.25) is 0 Å². The number of aromatic nitrogens is 1. The Hall–Kier alpha value is -3.26. The molecule has 0 amide bonds. The van der Waals surface area contributed by atoms with E-state index in [-0.39, 0.29) is 18.6 Å². The van der Waals surface area contributed by atoms with Gasteiger partial charge in [-0.3, -0.25) is 4.55 Å². The topological polar surface area (TPSA) is 119 Å². The first-order valence-electron chi connectivity index (χ1n) is 14.1. The van der Waals surface area contributed by atoms with Crippen molar-refractivity contribution in [3.8, 4) is 0 Å². The Labute approximate surface area is 264 Å². The number of aryl methyl sites for hydroxylation is 1. The van der Waals surface area contributed by atoms with Gasteiger partial charge in [-0.2, -0.15) is 13.0 Å². The molecule has 228 valence electrons. The molecule has 6 rings (SSSR count). The van der Waals surface area contributed by atoms with Crippen LogP contribution in [0.1, 0.15) is 24.8 Å². The fourth-order valence-corrected chi connectivity index (χ4v) is 9.05. The Bertz CT molecular complexity index is 2190. The molecule has 0 atom stereocenters. The van der Waals surface area contributed by atoms with Gasteiger partial charge in [0, 0.05) is 35.1 Å². The monoisotopic (exact) mass is 666 g/mol. The quantitative estimate of drug-likeness (QED) is 0.131. The summed E-state index contributed by atoms with van der Waals surface area (Å²) in [5, 5.41) is 6.15. The van der Waals surface area contributed by atoms with Crippen molar-refractivity contribution < 1.29 is 30.5 Å². The highest BCUT2D eigenvalue weighted by Crippen LogP contribution is 2.49. The zero-order valence-corrected chi connectivity index (χ0v) is 27.1. The smallest absolute Gasteiger partial charge is 0.264 e. The second-order valence-corrected chi connectivity index (χ2v) is 16.0. The standard InChI is InChI=1S/C32H30N2O6S4/c1-22(20-29-33(16-6-18-43(35,36)37)31-25-10-4-2-8-23(25)12-14-27(31)41-29)21-30-34(17-7-19-44(38,39)40)32-26-11-5-3-9-24(26)13-15-28(32)42-30/h2-5,8-15,20-21H,6-7,16-19H2,1H3,(H-,35,36,37,38,39,40). The number of thioether (sulfide) groups is 1. The maximum Gasteiger partial charge on any atom is 0.264 e. The first-order chi connectivity index (χ1) is 21.0. The number of fused-ring (bicyclic) bond motifs is 6. The predicted octanol–water partition coefficient (Wildman–Crippen LogP) is 6.57. The number of allylic oxidation sites excluding steroid dienone is 2. The highest BCUT2D eigenvalue weighted by molar-refractivity contribution is 8.03. The van der Waals surface area contributed by atoms with Crippen LogP contribution in [0.25, 0.3) is 37.8 Å².